The Morgan fingerprint density at radius 3 is 2.70 bits per heavy atom. The molecule has 0 saturated heterocycles. The van der Waals surface area contributed by atoms with Crippen molar-refractivity contribution in [2.45, 2.75) is 13.5 Å². The molecule has 0 N–H and O–H groups in total. The zero-order valence-electron chi connectivity index (χ0n) is 11.3. The summed E-state index contributed by atoms with van der Waals surface area (Å²) in [6.07, 6.45) is 0. The molecule has 2 aromatic carbocycles. The largest absolute Gasteiger partial charge is 0.495 e. The monoisotopic (exact) mass is 271 g/mol. The fourth-order valence-electron chi connectivity index (χ4n) is 1.81. The summed E-state index contributed by atoms with van der Waals surface area (Å²) in [7, 11) is 1.50. The van der Waals surface area contributed by atoms with E-state index in [-0.39, 0.29) is 18.2 Å². The number of halogens is 1. The second-order valence-corrected chi connectivity index (χ2v) is 4.32. The highest BCUT2D eigenvalue weighted by molar-refractivity contribution is 5.45. The molecule has 0 radical (unpaired) electrons. The minimum absolute atomic E-state index is 0.211. The van der Waals surface area contributed by atoms with Crippen LogP contribution in [0.1, 0.15) is 16.7 Å². The zero-order chi connectivity index (χ0) is 14.5. The van der Waals surface area contributed by atoms with E-state index < -0.39 is 0 Å². The van der Waals surface area contributed by atoms with Gasteiger partial charge in [-0.05, 0) is 36.2 Å². The molecule has 0 saturated carbocycles. The average Bonchev–Trinajstić information content (AvgIpc) is 2.48. The Balaban J connectivity index is 2.15. The number of ether oxygens (including phenoxy) is 2. The molecule has 0 fully saturated rings. The van der Waals surface area contributed by atoms with Gasteiger partial charge in [-0.2, -0.15) is 5.26 Å². The van der Waals surface area contributed by atoms with Crippen LogP contribution in [-0.2, 0) is 6.61 Å². The van der Waals surface area contributed by atoms with E-state index in [9.17, 15) is 4.39 Å². The third kappa shape index (κ3) is 2.89. The lowest BCUT2D eigenvalue weighted by molar-refractivity contribution is 0.289. The topological polar surface area (TPSA) is 42.2 Å². The molecule has 0 aliphatic heterocycles. The van der Waals surface area contributed by atoms with E-state index in [1.54, 1.807) is 43.3 Å². The first-order chi connectivity index (χ1) is 9.65. The van der Waals surface area contributed by atoms with Crippen LogP contribution >= 0.6 is 0 Å². The number of methoxy groups -OCH3 is 1. The van der Waals surface area contributed by atoms with Crippen LogP contribution in [0.25, 0.3) is 0 Å². The summed E-state index contributed by atoms with van der Waals surface area (Å²) in [5.41, 5.74) is 1.81. The smallest absolute Gasteiger partial charge is 0.167 e. The van der Waals surface area contributed by atoms with Crippen LogP contribution in [0, 0.1) is 24.1 Å². The van der Waals surface area contributed by atoms with E-state index in [0.717, 1.165) is 5.56 Å². The molecule has 0 aliphatic carbocycles. The molecule has 0 bridgehead atoms. The Morgan fingerprint density at radius 1 is 1.20 bits per heavy atom. The fraction of sp³-hybridized carbons (Fsp3) is 0.188. The highest BCUT2D eigenvalue weighted by atomic mass is 19.1. The minimum Gasteiger partial charge on any atom is -0.495 e. The van der Waals surface area contributed by atoms with Gasteiger partial charge < -0.3 is 9.47 Å². The normalized spacial score (nSPS) is 9.90. The number of rotatable bonds is 4. The molecule has 0 heterocycles. The van der Waals surface area contributed by atoms with Crippen molar-refractivity contribution in [2.75, 3.05) is 7.11 Å². The summed E-state index contributed by atoms with van der Waals surface area (Å²) in [6.45, 7) is 1.90. The van der Waals surface area contributed by atoms with Crippen LogP contribution in [0.4, 0.5) is 4.39 Å². The van der Waals surface area contributed by atoms with Gasteiger partial charge in [-0.15, -0.1) is 0 Å². The lowest BCUT2D eigenvalue weighted by atomic mass is 10.1. The van der Waals surface area contributed by atoms with Gasteiger partial charge in [0.05, 0.1) is 12.7 Å². The van der Waals surface area contributed by atoms with Crippen LogP contribution < -0.4 is 9.47 Å². The number of nitriles is 1. The zero-order valence-corrected chi connectivity index (χ0v) is 11.3. The molecule has 0 spiro atoms. The predicted molar refractivity (Wildman–Crippen MR) is 73.2 cm³/mol. The Labute approximate surface area is 117 Å². The van der Waals surface area contributed by atoms with Crippen LogP contribution in [0.5, 0.6) is 11.5 Å². The van der Waals surface area contributed by atoms with Gasteiger partial charge in [-0.25, -0.2) is 4.39 Å². The van der Waals surface area contributed by atoms with Gasteiger partial charge in [0.1, 0.15) is 18.4 Å². The molecule has 2 aromatic rings. The first kappa shape index (κ1) is 13.9. The Morgan fingerprint density at radius 2 is 2.00 bits per heavy atom. The van der Waals surface area contributed by atoms with Crippen molar-refractivity contribution in [2.24, 2.45) is 0 Å². The third-order valence-corrected chi connectivity index (χ3v) is 2.94. The first-order valence-electron chi connectivity index (χ1n) is 6.10. The molecule has 2 rings (SSSR count). The van der Waals surface area contributed by atoms with Crippen LogP contribution in [0.2, 0.25) is 0 Å². The summed E-state index contributed by atoms with van der Waals surface area (Å²) in [5.74, 6) is 0.347. The van der Waals surface area contributed by atoms with Crippen molar-refractivity contribution in [3.8, 4) is 17.6 Å². The van der Waals surface area contributed by atoms with Gasteiger partial charge in [0, 0.05) is 0 Å². The van der Waals surface area contributed by atoms with Crippen molar-refractivity contribution in [3.05, 3.63) is 58.9 Å². The Bertz CT molecular complexity index is 662. The molecule has 0 aliphatic rings. The number of hydrogen-bond acceptors (Lipinski definition) is 3. The maximum atomic E-state index is 13.8. The van der Waals surface area contributed by atoms with E-state index in [1.165, 1.54) is 7.11 Å². The Hall–Kier alpha value is -2.54. The second kappa shape index (κ2) is 6.07. The Kier molecular flexibility index (Phi) is 4.21. The quantitative estimate of drug-likeness (QED) is 0.853. The molecule has 4 heteroatoms. The van der Waals surface area contributed by atoms with Crippen molar-refractivity contribution in [3.63, 3.8) is 0 Å². The van der Waals surface area contributed by atoms with Gasteiger partial charge in [0.2, 0.25) is 0 Å². The number of aryl methyl sites for hydroxylation is 1. The lowest BCUT2D eigenvalue weighted by Crippen LogP contribution is -1.99. The molecular formula is C16H14FNO2. The van der Waals surface area contributed by atoms with Gasteiger partial charge >= 0.3 is 0 Å². The van der Waals surface area contributed by atoms with Gasteiger partial charge in [-0.1, -0.05) is 18.2 Å². The second-order valence-electron chi connectivity index (χ2n) is 4.32. The first-order valence-corrected chi connectivity index (χ1v) is 6.10. The van der Waals surface area contributed by atoms with Gasteiger partial charge in [-0.3, -0.25) is 0 Å². The van der Waals surface area contributed by atoms with E-state index in [0.29, 0.717) is 16.9 Å². The van der Waals surface area contributed by atoms with Crippen molar-refractivity contribution in [1.82, 2.24) is 0 Å². The van der Waals surface area contributed by atoms with Crippen LogP contribution in [0.15, 0.2) is 36.4 Å². The maximum absolute atomic E-state index is 13.8. The summed E-state index contributed by atoms with van der Waals surface area (Å²) in [6, 6.07) is 12.2. The number of hydrogen-bond donors (Lipinski definition) is 0. The van der Waals surface area contributed by atoms with Crippen molar-refractivity contribution in [1.29, 1.82) is 5.26 Å². The van der Waals surface area contributed by atoms with Crippen molar-refractivity contribution >= 4 is 0 Å². The van der Waals surface area contributed by atoms with Crippen LogP contribution in [0.3, 0.4) is 0 Å². The van der Waals surface area contributed by atoms with E-state index in [4.69, 9.17) is 14.7 Å². The number of benzene rings is 2. The average molecular weight is 271 g/mol. The summed E-state index contributed by atoms with van der Waals surface area (Å²) < 4.78 is 24.4. The molecule has 3 nitrogen and oxygen atoms in total. The fourth-order valence-corrected chi connectivity index (χ4v) is 1.81. The standard InChI is InChI=1S/C16H14FNO2/c1-11-4-3-5-14(16(11)17)20-10-12-6-7-13(9-18)15(8-12)19-2/h3-8H,10H2,1-2H3. The molecule has 0 unspecified atom stereocenters. The molecule has 0 amide bonds. The summed E-state index contributed by atoms with van der Waals surface area (Å²) >= 11 is 0. The SMILES string of the molecule is COc1cc(COc2cccc(C)c2F)ccc1C#N. The van der Waals surface area contributed by atoms with E-state index in [2.05, 4.69) is 0 Å². The van der Waals surface area contributed by atoms with Crippen LogP contribution in [-0.4, -0.2) is 7.11 Å². The highest BCUT2D eigenvalue weighted by Gasteiger charge is 2.08. The molecule has 0 aromatic heterocycles. The van der Waals surface area contributed by atoms with Gasteiger partial charge in [0.15, 0.2) is 11.6 Å². The van der Waals surface area contributed by atoms with E-state index in [1.807, 2.05) is 6.07 Å². The summed E-state index contributed by atoms with van der Waals surface area (Å²) in [5, 5.41) is 8.90. The predicted octanol–water partition coefficient (Wildman–Crippen LogP) is 3.59. The molecule has 102 valence electrons. The molecule has 20 heavy (non-hydrogen) atoms. The molecular weight excluding hydrogens is 257 g/mol. The third-order valence-electron chi connectivity index (χ3n) is 2.94. The summed E-state index contributed by atoms with van der Waals surface area (Å²) in [4.78, 5) is 0. The lowest BCUT2D eigenvalue weighted by Gasteiger charge is -2.10. The minimum atomic E-state index is -0.354. The number of nitrogens with zero attached hydrogens (tertiary/aromatic N) is 1. The molecule has 0 atom stereocenters. The van der Waals surface area contributed by atoms with Crippen molar-refractivity contribution < 1.29 is 13.9 Å². The maximum Gasteiger partial charge on any atom is 0.167 e. The van der Waals surface area contributed by atoms with E-state index >= 15 is 0 Å². The van der Waals surface area contributed by atoms with Gasteiger partial charge in [0.25, 0.3) is 0 Å². The highest BCUT2D eigenvalue weighted by Crippen LogP contribution is 2.23.